The van der Waals surface area contributed by atoms with E-state index in [1.165, 1.54) is 24.3 Å². The van der Waals surface area contributed by atoms with Crippen molar-refractivity contribution in [3.8, 4) is 28.7 Å². The Bertz CT molecular complexity index is 1130. The standard InChI is InChI=1S/C22H17F3O6/c23-14-3-10(4-15(24)21(14)25)9-30-20-8-13-17(28)6-12(26)7-19(13)31-22(20)11-1-2-16(27)18(29)5-11/h1-7,20,22,26-29H,8-9H2/t20-,22-/m1/s1. The number of phenolic OH excluding ortho intramolecular Hbond substituents is 4. The van der Waals surface area contributed by atoms with E-state index in [-0.39, 0.29) is 41.6 Å². The molecule has 1 aliphatic rings. The summed E-state index contributed by atoms with van der Waals surface area (Å²) in [6, 6.07) is 8.08. The summed E-state index contributed by atoms with van der Waals surface area (Å²) in [6.07, 6.45) is -1.57. The number of benzene rings is 3. The van der Waals surface area contributed by atoms with E-state index in [2.05, 4.69) is 0 Å². The van der Waals surface area contributed by atoms with Crippen molar-refractivity contribution in [3.63, 3.8) is 0 Å². The summed E-state index contributed by atoms with van der Waals surface area (Å²) < 4.78 is 51.9. The molecule has 0 fully saturated rings. The molecule has 0 saturated carbocycles. The van der Waals surface area contributed by atoms with Gasteiger partial charge in [0, 0.05) is 24.1 Å². The molecule has 31 heavy (non-hydrogen) atoms. The van der Waals surface area contributed by atoms with Gasteiger partial charge < -0.3 is 29.9 Å². The van der Waals surface area contributed by atoms with Crippen LogP contribution in [0.4, 0.5) is 13.2 Å². The van der Waals surface area contributed by atoms with E-state index in [0.717, 1.165) is 18.2 Å². The van der Waals surface area contributed by atoms with Crippen molar-refractivity contribution in [2.45, 2.75) is 25.2 Å². The Morgan fingerprint density at radius 1 is 0.871 bits per heavy atom. The maximum Gasteiger partial charge on any atom is 0.194 e. The molecule has 3 aromatic rings. The third kappa shape index (κ3) is 4.04. The molecule has 0 amide bonds. The van der Waals surface area contributed by atoms with E-state index in [1.807, 2.05) is 0 Å². The first-order chi connectivity index (χ1) is 14.7. The summed E-state index contributed by atoms with van der Waals surface area (Å²) in [5.74, 6) is -5.28. The van der Waals surface area contributed by atoms with Crippen LogP contribution < -0.4 is 4.74 Å². The van der Waals surface area contributed by atoms with Crippen LogP contribution in [0.25, 0.3) is 0 Å². The van der Waals surface area contributed by atoms with Crippen molar-refractivity contribution in [1.29, 1.82) is 0 Å². The maximum atomic E-state index is 13.5. The quantitative estimate of drug-likeness (QED) is 0.363. The summed E-state index contributed by atoms with van der Waals surface area (Å²) in [5.41, 5.74) is 0.799. The first kappa shape index (κ1) is 20.7. The summed E-state index contributed by atoms with van der Waals surface area (Å²) in [5, 5.41) is 39.3. The van der Waals surface area contributed by atoms with Crippen molar-refractivity contribution >= 4 is 0 Å². The molecule has 0 bridgehead atoms. The summed E-state index contributed by atoms with van der Waals surface area (Å²) in [4.78, 5) is 0. The van der Waals surface area contributed by atoms with E-state index >= 15 is 0 Å². The number of fused-ring (bicyclic) bond motifs is 1. The second-order valence-electron chi connectivity index (χ2n) is 7.16. The molecule has 0 aliphatic carbocycles. The molecule has 0 unspecified atom stereocenters. The van der Waals surface area contributed by atoms with Gasteiger partial charge in [-0.2, -0.15) is 0 Å². The zero-order valence-electron chi connectivity index (χ0n) is 15.8. The Labute approximate surface area is 174 Å². The molecule has 0 radical (unpaired) electrons. The fourth-order valence-electron chi connectivity index (χ4n) is 3.49. The molecule has 0 saturated heterocycles. The highest BCUT2D eigenvalue weighted by atomic mass is 19.2. The molecular formula is C22H17F3O6. The van der Waals surface area contributed by atoms with Gasteiger partial charge in [0.1, 0.15) is 23.4 Å². The number of ether oxygens (including phenoxy) is 2. The van der Waals surface area contributed by atoms with E-state index in [9.17, 15) is 33.6 Å². The normalized spacial score (nSPS) is 17.8. The third-order valence-electron chi connectivity index (χ3n) is 5.00. The second kappa shape index (κ2) is 7.92. The molecule has 162 valence electrons. The number of hydrogen-bond acceptors (Lipinski definition) is 6. The van der Waals surface area contributed by atoms with E-state index in [0.29, 0.717) is 11.1 Å². The number of phenols is 4. The SMILES string of the molecule is Oc1cc(O)c2c(c1)O[C@H](c1ccc(O)c(O)c1)[C@H](OCc1cc(F)c(F)c(F)c1)C2. The fraction of sp³-hybridized carbons (Fsp3) is 0.182. The molecule has 4 rings (SSSR count). The molecule has 0 aromatic heterocycles. The van der Waals surface area contributed by atoms with Gasteiger partial charge in [0.15, 0.2) is 35.1 Å². The largest absolute Gasteiger partial charge is 0.508 e. The van der Waals surface area contributed by atoms with Crippen LogP contribution in [-0.2, 0) is 17.8 Å². The molecule has 1 aliphatic heterocycles. The van der Waals surface area contributed by atoms with Crippen molar-refractivity contribution in [1.82, 2.24) is 0 Å². The van der Waals surface area contributed by atoms with Gasteiger partial charge in [0.05, 0.1) is 6.61 Å². The average Bonchev–Trinajstić information content (AvgIpc) is 2.72. The molecular weight excluding hydrogens is 417 g/mol. The Kier molecular flexibility index (Phi) is 5.28. The van der Waals surface area contributed by atoms with Crippen LogP contribution in [0.15, 0.2) is 42.5 Å². The molecule has 6 nitrogen and oxygen atoms in total. The fourth-order valence-corrected chi connectivity index (χ4v) is 3.49. The van der Waals surface area contributed by atoms with Crippen LogP contribution in [0.3, 0.4) is 0 Å². The van der Waals surface area contributed by atoms with E-state index in [4.69, 9.17) is 9.47 Å². The van der Waals surface area contributed by atoms with Gasteiger partial charge in [0.25, 0.3) is 0 Å². The van der Waals surface area contributed by atoms with Gasteiger partial charge >= 0.3 is 0 Å². The first-order valence-electron chi connectivity index (χ1n) is 9.21. The minimum absolute atomic E-state index is 0.0458. The summed E-state index contributed by atoms with van der Waals surface area (Å²) in [6.45, 7) is -0.295. The van der Waals surface area contributed by atoms with Gasteiger partial charge in [-0.1, -0.05) is 6.07 Å². The lowest BCUT2D eigenvalue weighted by Crippen LogP contribution is -2.33. The summed E-state index contributed by atoms with van der Waals surface area (Å²) in [7, 11) is 0. The smallest absolute Gasteiger partial charge is 0.194 e. The summed E-state index contributed by atoms with van der Waals surface area (Å²) >= 11 is 0. The van der Waals surface area contributed by atoms with Crippen LogP contribution >= 0.6 is 0 Å². The molecule has 9 heteroatoms. The average molecular weight is 434 g/mol. The highest BCUT2D eigenvalue weighted by Crippen LogP contribution is 2.44. The second-order valence-corrected chi connectivity index (χ2v) is 7.16. The lowest BCUT2D eigenvalue weighted by atomic mass is 9.93. The van der Waals surface area contributed by atoms with Gasteiger partial charge in [-0.05, 0) is 35.4 Å². The predicted octanol–water partition coefficient (Wildman–Crippen LogP) is 4.19. The lowest BCUT2D eigenvalue weighted by Gasteiger charge is -2.34. The topological polar surface area (TPSA) is 99.4 Å². The molecule has 3 aromatic carbocycles. The van der Waals surface area contributed by atoms with Crippen LogP contribution in [0.5, 0.6) is 28.7 Å². The minimum Gasteiger partial charge on any atom is -0.508 e. The highest BCUT2D eigenvalue weighted by Gasteiger charge is 2.34. The molecule has 4 N–H and O–H groups in total. The first-order valence-corrected chi connectivity index (χ1v) is 9.21. The van der Waals surface area contributed by atoms with E-state index < -0.39 is 35.4 Å². The van der Waals surface area contributed by atoms with Crippen LogP contribution in [0.1, 0.15) is 22.8 Å². The van der Waals surface area contributed by atoms with Crippen molar-refractivity contribution in [2.24, 2.45) is 0 Å². The zero-order chi connectivity index (χ0) is 22.3. The number of rotatable bonds is 4. The molecule has 0 spiro atoms. The van der Waals surface area contributed by atoms with Crippen molar-refractivity contribution < 1.29 is 43.1 Å². The van der Waals surface area contributed by atoms with Gasteiger partial charge in [0.2, 0.25) is 0 Å². The monoisotopic (exact) mass is 434 g/mol. The minimum atomic E-state index is -1.58. The van der Waals surface area contributed by atoms with Gasteiger partial charge in [-0.15, -0.1) is 0 Å². The number of halogens is 3. The van der Waals surface area contributed by atoms with Crippen LogP contribution in [0, 0.1) is 17.5 Å². The molecule has 1 heterocycles. The van der Waals surface area contributed by atoms with Crippen molar-refractivity contribution in [3.05, 3.63) is 76.6 Å². The highest BCUT2D eigenvalue weighted by molar-refractivity contribution is 5.52. The van der Waals surface area contributed by atoms with Crippen molar-refractivity contribution in [2.75, 3.05) is 0 Å². The Morgan fingerprint density at radius 2 is 1.58 bits per heavy atom. The lowest BCUT2D eigenvalue weighted by molar-refractivity contribution is -0.0468. The van der Waals surface area contributed by atoms with Crippen LogP contribution in [0.2, 0.25) is 0 Å². The predicted molar refractivity (Wildman–Crippen MR) is 102 cm³/mol. The van der Waals surface area contributed by atoms with Gasteiger partial charge in [-0.25, -0.2) is 13.2 Å². The Hall–Kier alpha value is -3.59. The van der Waals surface area contributed by atoms with E-state index in [1.54, 1.807) is 0 Å². The Morgan fingerprint density at radius 3 is 2.26 bits per heavy atom. The number of hydrogen-bond donors (Lipinski definition) is 4. The zero-order valence-corrected chi connectivity index (χ0v) is 15.8. The van der Waals surface area contributed by atoms with Gasteiger partial charge in [-0.3, -0.25) is 0 Å². The van der Waals surface area contributed by atoms with Crippen LogP contribution in [-0.4, -0.2) is 26.5 Å². The third-order valence-corrected chi connectivity index (χ3v) is 5.00. The molecule has 2 atom stereocenters. The Balaban J connectivity index is 1.67. The number of aromatic hydroxyl groups is 4. The maximum absolute atomic E-state index is 13.5.